The van der Waals surface area contributed by atoms with Crippen molar-refractivity contribution in [3.05, 3.63) is 6.92 Å². The molecule has 0 saturated heterocycles. The number of rotatable bonds is 2. The molecule has 0 aliphatic carbocycles. The highest BCUT2D eigenvalue weighted by Crippen LogP contribution is 2.24. The van der Waals surface area contributed by atoms with E-state index in [9.17, 15) is 4.79 Å². The van der Waals surface area contributed by atoms with Gasteiger partial charge in [0.25, 0.3) is 0 Å². The largest absolute Gasteiger partial charge is 0.236 e. The molecular weight excluding hydrogens is 138 g/mol. The quantitative estimate of drug-likeness (QED) is 0.253. The van der Waals surface area contributed by atoms with Gasteiger partial charge in [0.05, 0.1) is 0 Å². The van der Waals surface area contributed by atoms with Crippen LogP contribution in [0.15, 0.2) is 4.99 Å². The first-order valence-corrected chi connectivity index (χ1v) is 3.02. The van der Waals surface area contributed by atoms with Crippen molar-refractivity contribution in [2.24, 2.45) is 10.9 Å². The summed E-state index contributed by atoms with van der Waals surface area (Å²) in [5, 5.41) is 0. The summed E-state index contributed by atoms with van der Waals surface area (Å²) in [6.07, 6.45) is 1.37. The molecule has 3 heteroatoms. The van der Waals surface area contributed by atoms with E-state index in [0.717, 1.165) is 0 Å². The van der Waals surface area contributed by atoms with Gasteiger partial charge < -0.3 is 0 Å². The molecule has 51 valence electrons. The van der Waals surface area contributed by atoms with Gasteiger partial charge in [-0.25, -0.2) is 4.79 Å². The zero-order valence-electron chi connectivity index (χ0n) is 5.52. The molecular formula is C6H9ClNO. The zero-order chi connectivity index (χ0) is 7.49. The van der Waals surface area contributed by atoms with E-state index >= 15 is 0 Å². The van der Waals surface area contributed by atoms with E-state index in [1.165, 1.54) is 6.08 Å². The van der Waals surface area contributed by atoms with Gasteiger partial charge in [-0.15, -0.1) is 0 Å². The van der Waals surface area contributed by atoms with Crippen LogP contribution in [-0.2, 0) is 4.79 Å². The highest BCUT2D eigenvalue weighted by molar-refractivity contribution is 6.24. The Bertz CT molecular complexity index is 136. The van der Waals surface area contributed by atoms with Gasteiger partial charge in [0.15, 0.2) is 0 Å². The van der Waals surface area contributed by atoms with E-state index in [0.29, 0.717) is 0 Å². The summed E-state index contributed by atoms with van der Waals surface area (Å²) in [7, 11) is 0. The van der Waals surface area contributed by atoms with Crippen molar-refractivity contribution in [1.82, 2.24) is 0 Å². The van der Waals surface area contributed by atoms with E-state index in [1.54, 1.807) is 0 Å². The molecule has 0 saturated carbocycles. The number of carbonyl (C=O) groups excluding carboxylic acids is 1. The number of aliphatic imine (C=N–C) groups is 1. The fraction of sp³-hybridized carbons (Fsp3) is 0.667. The number of hydrogen-bond acceptors (Lipinski definition) is 2. The van der Waals surface area contributed by atoms with Crippen molar-refractivity contribution in [2.75, 3.05) is 0 Å². The average molecular weight is 147 g/mol. The fourth-order valence-electron chi connectivity index (χ4n) is 0.205. The number of alkyl halides is 1. The molecule has 0 aliphatic heterocycles. The number of hydrogen-bond donors (Lipinski definition) is 0. The van der Waals surface area contributed by atoms with E-state index in [4.69, 9.17) is 11.6 Å². The normalized spacial score (nSPS) is 16.6. The molecule has 0 rings (SSSR count). The van der Waals surface area contributed by atoms with Crippen LogP contribution in [0.2, 0.25) is 0 Å². The minimum Gasteiger partial charge on any atom is -0.211 e. The molecule has 0 aromatic carbocycles. The fourth-order valence-corrected chi connectivity index (χ4v) is 0.239. The molecule has 0 spiro atoms. The van der Waals surface area contributed by atoms with E-state index in [-0.39, 0.29) is 5.92 Å². The third-order valence-electron chi connectivity index (χ3n) is 1.12. The predicted molar refractivity (Wildman–Crippen MR) is 36.9 cm³/mol. The molecule has 1 atom stereocenters. The summed E-state index contributed by atoms with van der Waals surface area (Å²) in [6.45, 7) is 7.16. The van der Waals surface area contributed by atoms with Crippen LogP contribution in [0.3, 0.4) is 0 Å². The monoisotopic (exact) mass is 146 g/mol. The molecule has 0 heterocycles. The van der Waals surface area contributed by atoms with Crippen molar-refractivity contribution in [1.29, 1.82) is 0 Å². The lowest BCUT2D eigenvalue weighted by Crippen LogP contribution is -2.20. The maximum atomic E-state index is 9.71. The number of isocyanates is 1. The van der Waals surface area contributed by atoms with Crippen molar-refractivity contribution < 1.29 is 4.79 Å². The van der Waals surface area contributed by atoms with Gasteiger partial charge >= 0.3 is 0 Å². The lowest BCUT2D eigenvalue weighted by atomic mass is 10.1. The lowest BCUT2D eigenvalue weighted by Gasteiger charge is -2.18. The first-order valence-electron chi connectivity index (χ1n) is 2.64. The Balaban J connectivity index is 4.18. The van der Waals surface area contributed by atoms with Crippen LogP contribution in [0.25, 0.3) is 0 Å². The molecule has 0 aromatic heterocycles. The first-order chi connectivity index (χ1) is 4.00. The second kappa shape index (κ2) is 3.00. The summed E-state index contributed by atoms with van der Waals surface area (Å²) >= 11 is 5.63. The molecule has 0 aromatic rings. The van der Waals surface area contributed by atoms with Crippen LogP contribution in [0.1, 0.15) is 13.8 Å². The number of halogens is 1. The van der Waals surface area contributed by atoms with Crippen LogP contribution in [0, 0.1) is 12.8 Å². The molecule has 0 amide bonds. The topological polar surface area (TPSA) is 29.4 Å². The third-order valence-corrected chi connectivity index (χ3v) is 1.64. The van der Waals surface area contributed by atoms with Gasteiger partial charge in [-0.2, -0.15) is 4.99 Å². The van der Waals surface area contributed by atoms with Gasteiger partial charge in [-0.05, 0) is 12.8 Å². The lowest BCUT2D eigenvalue weighted by molar-refractivity contribution is 0.502. The molecule has 0 aliphatic rings. The summed E-state index contributed by atoms with van der Waals surface area (Å²) in [5.41, 5.74) is 0. The smallest absolute Gasteiger partial charge is 0.211 e. The minimum absolute atomic E-state index is 0.0422. The third kappa shape index (κ3) is 2.64. The van der Waals surface area contributed by atoms with Crippen molar-refractivity contribution in [2.45, 2.75) is 18.8 Å². The zero-order valence-corrected chi connectivity index (χ0v) is 6.27. The summed E-state index contributed by atoms with van der Waals surface area (Å²) < 4.78 is 0. The molecule has 1 radical (unpaired) electrons. The molecule has 0 N–H and O–H groups in total. The summed E-state index contributed by atoms with van der Waals surface area (Å²) in [5.74, 6) is 0.0422. The highest BCUT2D eigenvalue weighted by atomic mass is 35.5. The maximum absolute atomic E-state index is 9.71. The van der Waals surface area contributed by atoms with Crippen LogP contribution in [0.4, 0.5) is 0 Å². The first kappa shape index (κ1) is 8.67. The van der Waals surface area contributed by atoms with Gasteiger partial charge in [0.1, 0.15) is 5.00 Å². The van der Waals surface area contributed by atoms with Crippen LogP contribution < -0.4 is 0 Å². The molecule has 2 nitrogen and oxygen atoms in total. The van der Waals surface area contributed by atoms with Gasteiger partial charge in [0.2, 0.25) is 6.08 Å². The Kier molecular flexibility index (Phi) is 2.89. The predicted octanol–water partition coefficient (Wildman–Crippen LogP) is 1.75. The molecule has 9 heavy (non-hydrogen) atoms. The SMILES string of the molecule is [CH2]C(Cl)(N=C=O)C(C)C. The average Bonchev–Trinajstić information content (AvgIpc) is 1.65. The van der Waals surface area contributed by atoms with Crippen molar-refractivity contribution in [3.63, 3.8) is 0 Å². The Morgan fingerprint density at radius 1 is 1.78 bits per heavy atom. The molecule has 1 unspecified atom stereocenters. The Hall–Kier alpha value is -0.330. The Morgan fingerprint density at radius 3 is 2.33 bits per heavy atom. The second-order valence-corrected chi connectivity index (χ2v) is 2.83. The van der Waals surface area contributed by atoms with Crippen LogP contribution in [-0.4, -0.2) is 11.1 Å². The van der Waals surface area contributed by atoms with Gasteiger partial charge in [-0.1, -0.05) is 25.4 Å². The van der Waals surface area contributed by atoms with Crippen molar-refractivity contribution in [3.8, 4) is 0 Å². The minimum atomic E-state index is -1.03. The Labute approximate surface area is 59.9 Å². The van der Waals surface area contributed by atoms with E-state index in [1.807, 2.05) is 13.8 Å². The van der Waals surface area contributed by atoms with E-state index in [2.05, 4.69) is 11.9 Å². The van der Waals surface area contributed by atoms with Gasteiger partial charge in [-0.3, -0.25) is 0 Å². The highest BCUT2D eigenvalue weighted by Gasteiger charge is 2.23. The summed E-state index contributed by atoms with van der Waals surface area (Å²) in [4.78, 5) is 12.0. The molecule has 0 fully saturated rings. The van der Waals surface area contributed by atoms with Crippen molar-refractivity contribution >= 4 is 17.7 Å². The Morgan fingerprint density at radius 2 is 2.22 bits per heavy atom. The van der Waals surface area contributed by atoms with E-state index < -0.39 is 5.00 Å². The maximum Gasteiger partial charge on any atom is 0.236 e. The van der Waals surface area contributed by atoms with Crippen LogP contribution >= 0.6 is 11.6 Å². The van der Waals surface area contributed by atoms with Gasteiger partial charge in [0, 0.05) is 0 Å². The summed E-state index contributed by atoms with van der Waals surface area (Å²) in [6, 6.07) is 0. The second-order valence-electron chi connectivity index (χ2n) is 2.18. The van der Waals surface area contributed by atoms with Crippen LogP contribution in [0.5, 0.6) is 0 Å². The number of nitrogens with zero attached hydrogens (tertiary/aromatic N) is 1. The standard InChI is InChI=1S/C6H9ClNO/c1-5(2)6(3,7)8-4-9/h5H,3H2,1-2H3. The molecule has 0 bridgehead atoms.